The highest BCUT2D eigenvalue weighted by Crippen LogP contribution is 2.24. The van der Waals surface area contributed by atoms with Gasteiger partial charge in [-0.1, -0.05) is 6.58 Å². The number of allylic oxidation sites excluding steroid dienone is 1. The Morgan fingerprint density at radius 2 is 2.04 bits per heavy atom. The SMILES string of the molecule is C=C(C)c1ccc(NCCCC2CCN(C(=O)OC(C)(C)C)CC2)cc1F.[HH]. The number of benzene rings is 1. The predicted octanol–water partition coefficient (Wildman–Crippen LogP) is 5.94. The number of halogens is 1. The van der Waals surface area contributed by atoms with Gasteiger partial charge in [0.2, 0.25) is 0 Å². The number of likely N-dealkylation sites (tertiary alicyclic amines) is 1. The van der Waals surface area contributed by atoms with Crippen molar-refractivity contribution in [2.45, 2.75) is 59.0 Å². The highest BCUT2D eigenvalue weighted by Gasteiger charge is 2.26. The molecule has 1 aromatic rings. The number of nitrogens with zero attached hydrogens (tertiary/aromatic N) is 1. The van der Waals surface area contributed by atoms with E-state index in [1.54, 1.807) is 13.0 Å². The van der Waals surface area contributed by atoms with Gasteiger partial charge in [0.1, 0.15) is 11.4 Å². The number of carbonyl (C=O) groups excluding carboxylic acids is 1. The summed E-state index contributed by atoms with van der Waals surface area (Å²) < 4.78 is 19.4. The van der Waals surface area contributed by atoms with Crippen molar-refractivity contribution < 1.29 is 15.3 Å². The van der Waals surface area contributed by atoms with E-state index in [4.69, 9.17) is 4.74 Å². The van der Waals surface area contributed by atoms with Gasteiger partial charge in [-0.15, -0.1) is 0 Å². The Kier molecular flexibility index (Phi) is 7.28. The number of hydrogen-bond donors (Lipinski definition) is 1. The maximum Gasteiger partial charge on any atom is 0.410 e. The third kappa shape index (κ3) is 6.89. The maximum absolute atomic E-state index is 14.0. The molecule has 0 unspecified atom stereocenters. The summed E-state index contributed by atoms with van der Waals surface area (Å²) in [6, 6.07) is 5.20. The van der Waals surface area contributed by atoms with Gasteiger partial charge in [-0.25, -0.2) is 9.18 Å². The van der Waals surface area contributed by atoms with E-state index in [1.165, 1.54) is 6.07 Å². The first kappa shape index (κ1) is 21.3. The Morgan fingerprint density at radius 3 is 2.59 bits per heavy atom. The van der Waals surface area contributed by atoms with Crippen LogP contribution in [0.15, 0.2) is 24.8 Å². The van der Waals surface area contributed by atoms with Crippen LogP contribution in [0.5, 0.6) is 0 Å². The Bertz CT molecular complexity index is 665. The van der Waals surface area contributed by atoms with E-state index < -0.39 is 5.60 Å². The van der Waals surface area contributed by atoms with Crippen LogP contribution < -0.4 is 5.32 Å². The molecule has 1 aliphatic rings. The zero-order chi connectivity index (χ0) is 20.0. The molecule has 0 bridgehead atoms. The molecule has 1 aliphatic heterocycles. The number of nitrogens with one attached hydrogen (secondary N) is 1. The normalized spacial score (nSPS) is 15.5. The summed E-state index contributed by atoms with van der Waals surface area (Å²) in [5, 5.41) is 3.29. The van der Waals surface area contributed by atoms with Crippen molar-refractivity contribution in [2.24, 2.45) is 5.92 Å². The van der Waals surface area contributed by atoms with Crippen LogP contribution in [-0.4, -0.2) is 36.2 Å². The van der Waals surface area contributed by atoms with Gasteiger partial charge in [-0.3, -0.25) is 0 Å². The summed E-state index contributed by atoms with van der Waals surface area (Å²) in [6.07, 6.45) is 3.97. The van der Waals surface area contributed by atoms with Gasteiger partial charge in [0.25, 0.3) is 0 Å². The van der Waals surface area contributed by atoms with Gasteiger partial charge >= 0.3 is 6.09 Å². The van der Waals surface area contributed by atoms with E-state index in [0.717, 1.165) is 56.6 Å². The summed E-state index contributed by atoms with van der Waals surface area (Å²) in [6.45, 7) is 13.6. The third-order valence-corrected chi connectivity index (χ3v) is 4.81. The number of ether oxygens (including phenoxy) is 1. The van der Waals surface area contributed by atoms with Gasteiger partial charge in [0, 0.05) is 32.3 Å². The second-order valence-corrected chi connectivity index (χ2v) is 8.45. The fourth-order valence-corrected chi connectivity index (χ4v) is 3.33. The van der Waals surface area contributed by atoms with Crippen LogP contribution >= 0.6 is 0 Å². The minimum atomic E-state index is -0.443. The summed E-state index contributed by atoms with van der Waals surface area (Å²) in [5.74, 6) is 0.398. The molecule has 1 fully saturated rings. The highest BCUT2D eigenvalue weighted by molar-refractivity contribution is 5.68. The van der Waals surface area contributed by atoms with E-state index in [1.807, 2.05) is 31.7 Å². The van der Waals surface area contributed by atoms with Crippen LogP contribution in [0.2, 0.25) is 0 Å². The second-order valence-electron chi connectivity index (χ2n) is 8.45. The number of hydrogen-bond acceptors (Lipinski definition) is 3. The Labute approximate surface area is 164 Å². The first-order valence-electron chi connectivity index (χ1n) is 9.83. The molecule has 0 aliphatic carbocycles. The van der Waals surface area contributed by atoms with Crippen LogP contribution in [0.25, 0.3) is 5.57 Å². The van der Waals surface area contributed by atoms with Gasteiger partial charge < -0.3 is 15.0 Å². The molecule has 4 nitrogen and oxygen atoms in total. The second kappa shape index (κ2) is 9.25. The van der Waals surface area contributed by atoms with Crippen molar-refractivity contribution >= 4 is 17.4 Å². The lowest BCUT2D eigenvalue weighted by atomic mass is 9.92. The maximum atomic E-state index is 14.0. The zero-order valence-corrected chi connectivity index (χ0v) is 17.1. The molecule has 0 spiro atoms. The van der Waals surface area contributed by atoms with Crippen LogP contribution in [0.3, 0.4) is 0 Å². The average Bonchev–Trinajstić information content (AvgIpc) is 2.57. The smallest absolute Gasteiger partial charge is 0.410 e. The van der Waals surface area contributed by atoms with E-state index in [0.29, 0.717) is 11.5 Å². The fourth-order valence-electron chi connectivity index (χ4n) is 3.33. The average molecular weight is 379 g/mol. The molecule has 5 heteroatoms. The number of amides is 1. The molecule has 27 heavy (non-hydrogen) atoms. The fraction of sp³-hybridized carbons (Fsp3) is 0.591. The van der Waals surface area contributed by atoms with E-state index in [9.17, 15) is 9.18 Å². The monoisotopic (exact) mass is 378 g/mol. The standard InChI is InChI=1S/C22H33FN2O2.H2/c1-16(2)19-9-8-18(15-20(19)23)24-12-6-7-17-10-13-25(14-11-17)21(26)27-22(3,4)5;/h8-9,15,17,24H,1,6-7,10-14H2,2-5H3;1H. The van der Waals surface area contributed by atoms with Crippen LogP contribution in [0.4, 0.5) is 14.9 Å². The third-order valence-electron chi connectivity index (χ3n) is 4.81. The summed E-state index contributed by atoms with van der Waals surface area (Å²) in [7, 11) is 0. The lowest BCUT2D eigenvalue weighted by molar-refractivity contribution is 0.0181. The summed E-state index contributed by atoms with van der Waals surface area (Å²) in [5.41, 5.74) is 1.66. The lowest BCUT2D eigenvalue weighted by Gasteiger charge is -2.33. The van der Waals surface area contributed by atoms with Crippen molar-refractivity contribution in [3.63, 3.8) is 0 Å². The topological polar surface area (TPSA) is 41.6 Å². The summed E-state index contributed by atoms with van der Waals surface area (Å²) >= 11 is 0. The molecular weight excluding hydrogens is 343 g/mol. The minimum Gasteiger partial charge on any atom is -0.444 e. The van der Waals surface area contributed by atoms with Crippen LogP contribution in [0, 0.1) is 11.7 Å². The van der Waals surface area contributed by atoms with E-state index in [-0.39, 0.29) is 13.3 Å². The summed E-state index contributed by atoms with van der Waals surface area (Å²) in [4.78, 5) is 13.9. The highest BCUT2D eigenvalue weighted by atomic mass is 19.1. The molecule has 1 heterocycles. The molecule has 1 amide bonds. The van der Waals surface area contributed by atoms with Crippen LogP contribution in [-0.2, 0) is 4.74 Å². The Hall–Kier alpha value is -2.04. The Balaban J connectivity index is 0.00000392. The number of rotatable bonds is 6. The Morgan fingerprint density at radius 1 is 1.37 bits per heavy atom. The minimum absolute atomic E-state index is 0. The van der Waals surface area contributed by atoms with Crippen molar-refractivity contribution in [1.82, 2.24) is 4.90 Å². The number of carbonyl (C=O) groups is 1. The van der Waals surface area contributed by atoms with Crippen molar-refractivity contribution in [3.8, 4) is 0 Å². The van der Waals surface area contributed by atoms with Gasteiger partial charge in [-0.2, -0.15) is 0 Å². The van der Waals surface area contributed by atoms with Gasteiger partial charge in [0.05, 0.1) is 0 Å². The molecular formula is C22H35FN2O2. The molecule has 1 N–H and O–H groups in total. The first-order valence-corrected chi connectivity index (χ1v) is 9.83. The molecule has 1 aromatic carbocycles. The van der Waals surface area contributed by atoms with Crippen molar-refractivity contribution in [3.05, 3.63) is 36.2 Å². The lowest BCUT2D eigenvalue weighted by Crippen LogP contribution is -2.41. The number of anilines is 1. The predicted molar refractivity (Wildman–Crippen MR) is 111 cm³/mol. The molecule has 0 saturated carbocycles. The van der Waals surface area contributed by atoms with Gasteiger partial charge in [0.15, 0.2) is 0 Å². The molecule has 1 saturated heterocycles. The molecule has 152 valence electrons. The van der Waals surface area contributed by atoms with Gasteiger partial charge in [-0.05, 0) is 83.1 Å². The molecule has 0 atom stereocenters. The van der Waals surface area contributed by atoms with Crippen molar-refractivity contribution in [1.29, 1.82) is 0 Å². The molecule has 0 aromatic heterocycles. The quantitative estimate of drug-likeness (QED) is 0.623. The van der Waals surface area contributed by atoms with Crippen molar-refractivity contribution in [2.75, 3.05) is 25.0 Å². The number of piperidine rings is 1. The van der Waals surface area contributed by atoms with E-state index >= 15 is 0 Å². The molecule has 2 rings (SSSR count). The largest absolute Gasteiger partial charge is 0.444 e. The van der Waals surface area contributed by atoms with Crippen LogP contribution in [0.1, 0.15) is 60.4 Å². The zero-order valence-electron chi connectivity index (χ0n) is 17.1. The first-order chi connectivity index (χ1) is 12.7. The molecule has 0 radical (unpaired) electrons. The van der Waals surface area contributed by atoms with E-state index in [2.05, 4.69) is 11.9 Å².